The summed E-state index contributed by atoms with van der Waals surface area (Å²) in [5, 5.41) is 12.1. The van der Waals surface area contributed by atoms with Gasteiger partial charge >= 0.3 is 0 Å². The third-order valence-electron chi connectivity index (χ3n) is 4.80. The Morgan fingerprint density at radius 3 is 2.89 bits per heavy atom. The van der Waals surface area contributed by atoms with E-state index in [2.05, 4.69) is 25.8 Å². The first-order valence-electron chi connectivity index (χ1n) is 8.67. The molecule has 140 valence electrons. The first-order valence-corrected chi connectivity index (χ1v) is 8.67. The first-order chi connectivity index (χ1) is 13.1. The number of fused-ring (bicyclic) bond motifs is 1. The molecule has 1 fully saturated rings. The van der Waals surface area contributed by atoms with Gasteiger partial charge in [-0.3, -0.25) is 24.8 Å². The molecule has 1 atom stereocenters. The molecule has 2 aromatic rings. The SMILES string of the molecule is NCc1nc(NCc2cccc3c2C(=O)N(C2CCC(=O)NC2=O)C3)n[nH]1. The van der Waals surface area contributed by atoms with Crippen molar-refractivity contribution in [2.75, 3.05) is 5.32 Å². The molecule has 0 aliphatic carbocycles. The zero-order chi connectivity index (χ0) is 19.0. The summed E-state index contributed by atoms with van der Waals surface area (Å²) >= 11 is 0. The minimum absolute atomic E-state index is 0.200. The molecule has 10 nitrogen and oxygen atoms in total. The molecular formula is C17H19N7O3. The van der Waals surface area contributed by atoms with Crippen molar-refractivity contribution < 1.29 is 14.4 Å². The second kappa shape index (κ2) is 6.80. The van der Waals surface area contributed by atoms with Gasteiger partial charge in [0.2, 0.25) is 17.8 Å². The Kier molecular flexibility index (Phi) is 4.32. The lowest BCUT2D eigenvalue weighted by Gasteiger charge is -2.29. The lowest BCUT2D eigenvalue weighted by Crippen LogP contribution is -2.52. The molecule has 1 unspecified atom stereocenters. The molecule has 4 rings (SSSR count). The summed E-state index contributed by atoms with van der Waals surface area (Å²) in [6.45, 7) is 0.973. The van der Waals surface area contributed by atoms with Gasteiger partial charge in [0.25, 0.3) is 5.91 Å². The molecule has 1 aromatic carbocycles. The number of aromatic nitrogens is 3. The Morgan fingerprint density at radius 2 is 2.15 bits per heavy atom. The molecule has 2 aliphatic rings. The fourth-order valence-corrected chi connectivity index (χ4v) is 3.48. The third-order valence-corrected chi connectivity index (χ3v) is 4.80. The average molecular weight is 369 g/mol. The number of amides is 3. The van der Waals surface area contributed by atoms with E-state index in [-0.39, 0.29) is 24.8 Å². The molecule has 2 aliphatic heterocycles. The summed E-state index contributed by atoms with van der Waals surface area (Å²) in [6, 6.07) is 4.99. The zero-order valence-electron chi connectivity index (χ0n) is 14.5. The van der Waals surface area contributed by atoms with Crippen LogP contribution in [0.1, 0.15) is 40.2 Å². The number of hydrogen-bond acceptors (Lipinski definition) is 7. The average Bonchev–Trinajstić information content (AvgIpc) is 3.25. The van der Waals surface area contributed by atoms with E-state index in [9.17, 15) is 14.4 Å². The van der Waals surface area contributed by atoms with Crippen molar-refractivity contribution in [2.24, 2.45) is 5.73 Å². The number of nitrogens with two attached hydrogens (primary N) is 1. The lowest BCUT2D eigenvalue weighted by atomic mass is 10.0. The molecular weight excluding hydrogens is 350 g/mol. The monoisotopic (exact) mass is 369 g/mol. The number of nitrogens with zero attached hydrogens (tertiary/aromatic N) is 3. The van der Waals surface area contributed by atoms with Crippen LogP contribution in [-0.4, -0.2) is 43.8 Å². The van der Waals surface area contributed by atoms with Gasteiger partial charge in [0, 0.05) is 25.1 Å². The summed E-state index contributed by atoms with van der Waals surface area (Å²) in [7, 11) is 0. The van der Waals surface area contributed by atoms with Gasteiger partial charge in [-0.1, -0.05) is 18.2 Å². The van der Waals surface area contributed by atoms with Crippen LogP contribution >= 0.6 is 0 Å². The number of benzene rings is 1. The second-order valence-electron chi connectivity index (χ2n) is 6.51. The normalized spacial score (nSPS) is 19.2. The van der Waals surface area contributed by atoms with Crippen molar-refractivity contribution in [3.63, 3.8) is 0 Å². The quantitative estimate of drug-likeness (QED) is 0.526. The number of anilines is 1. The number of piperidine rings is 1. The van der Waals surface area contributed by atoms with E-state index in [1.807, 2.05) is 18.2 Å². The Bertz CT molecular complexity index is 923. The number of rotatable bonds is 5. The van der Waals surface area contributed by atoms with Crippen molar-refractivity contribution >= 4 is 23.7 Å². The Labute approximate surface area is 154 Å². The highest BCUT2D eigenvalue weighted by atomic mass is 16.2. The van der Waals surface area contributed by atoms with E-state index in [1.54, 1.807) is 0 Å². The van der Waals surface area contributed by atoms with Gasteiger partial charge in [-0.05, 0) is 17.5 Å². The number of carbonyl (C=O) groups excluding carboxylic acids is 3. The van der Waals surface area contributed by atoms with Crippen LogP contribution in [0.25, 0.3) is 0 Å². The number of aromatic amines is 1. The first kappa shape index (κ1) is 17.2. The lowest BCUT2D eigenvalue weighted by molar-refractivity contribution is -0.136. The van der Waals surface area contributed by atoms with Crippen LogP contribution in [0.15, 0.2) is 18.2 Å². The molecule has 1 saturated heterocycles. The summed E-state index contributed by atoms with van der Waals surface area (Å²) < 4.78 is 0. The third kappa shape index (κ3) is 3.14. The van der Waals surface area contributed by atoms with E-state index in [0.29, 0.717) is 36.8 Å². The van der Waals surface area contributed by atoms with Crippen molar-refractivity contribution in [3.8, 4) is 0 Å². The molecule has 0 saturated carbocycles. The Morgan fingerprint density at radius 1 is 1.30 bits per heavy atom. The highest BCUT2D eigenvalue weighted by Crippen LogP contribution is 2.30. The fourth-order valence-electron chi connectivity index (χ4n) is 3.48. The second-order valence-corrected chi connectivity index (χ2v) is 6.51. The molecule has 3 heterocycles. The number of hydrogen-bond donors (Lipinski definition) is 4. The summed E-state index contributed by atoms with van der Waals surface area (Å²) in [4.78, 5) is 42.2. The zero-order valence-corrected chi connectivity index (χ0v) is 14.5. The largest absolute Gasteiger partial charge is 0.349 e. The van der Waals surface area contributed by atoms with E-state index in [4.69, 9.17) is 5.73 Å². The number of imide groups is 1. The topological polar surface area (TPSA) is 146 Å². The maximum absolute atomic E-state index is 13.0. The van der Waals surface area contributed by atoms with Crippen LogP contribution in [0.2, 0.25) is 0 Å². The molecule has 27 heavy (non-hydrogen) atoms. The maximum Gasteiger partial charge on any atom is 0.255 e. The van der Waals surface area contributed by atoms with Gasteiger partial charge in [0.1, 0.15) is 11.9 Å². The van der Waals surface area contributed by atoms with Crippen molar-refractivity contribution in [1.82, 2.24) is 25.4 Å². The summed E-state index contributed by atoms with van der Waals surface area (Å²) in [5.41, 5.74) is 7.75. The number of H-pyrrole nitrogens is 1. The van der Waals surface area contributed by atoms with E-state index >= 15 is 0 Å². The minimum Gasteiger partial charge on any atom is -0.349 e. The van der Waals surface area contributed by atoms with Gasteiger partial charge in [-0.15, -0.1) is 5.10 Å². The molecule has 5 N–H and O–H groups in total. The van der Waals surface area contributed by atoms with Crippen molar-refractivity contribution in [2.45, 2.75) is 38.5 Å². The molecule has 1 aromatic heterocycles. The molecule has 0 radical (unpaired) electrons. The van der Waals surface area contributed by atoms with Crippen LogP contribution in [0.5, 0.6) is 0 Å². The van der Waals surface area contributed by atoms with Crippen LogP contribution in [0.3, 0.4) is 0 Å². The van der Waals surface area contributed by atoms with Crippen LogP contribution in [0, 0.1) is 0 Å². The van der Waals surface area contributed by atoms with Gasteiger partial charge in [-0.2, -0.15) is 4.98 Å². The predicted octanol–water partition coefficient (Wildman–Crippen LogP) is -0.363. The molecule has 0 bridgehead atoms. The van der Waals surface area contributed by atoms with Crippen LogP contribution in [-0.2, 0) is 29.2 Å². The standard InChI is InChI=1S/C17H19N7O3/c18-6-12-20-17(23-22-12)19-7-9-2-1-3-10-8-24(16(27)14(9)10)11-4-5-13(25)21-15(11)26/h1-3,11H,4-8,18H2,(H,21,25,26)(H2,19,20,22,23). The maximum atomic E-state index is 13.0. The van der Waals surface area contributed by atoms with Gasteiger partial charge in [-0.25, -0.2) is 0 Å². The van der Waals surface area contributed by atoms with Gasteiger partial charge < -0.3 is 16.0 Å². The van der Waals surface area contributed by atoms with E-state index < -0.39 is 11.9 Å². The molecule has 3 amide bonds. The fraction of sp³-hybridized carbons (Fsp3) is 0.353. The Hall–Kier alpha value is -3.27. The smallest absolute Gasteiger partial charge is 0.255 e. The number of carbonyl (C=O) groups is 3. The predicted molar refractivity (Wildman–Crippen MR) is 94.1 cm³/mol. The molecule has 0 spiro atoms. The highest BCUT2D eigenvalue weighted by molar-refractivity contribution is 6.06. The Balaban J connectivity index is 1.52. The van der Waals surface area contributed by atoms with Crippen LogP contribution < -0.4 is 16.4 Å². The summed E-state index contributed by atoms with van der Waals surface area (Å²) in [5.74, 6) is 0.0572. The summed E-state index contributed by atoms with van der Waals surface area (Å²) in [6.07, 6.45) is 0.580. The van der Waals surface area contributed by atoms with Crippen LogP contribution in [0.4, 0.5) is 5.95 Å². The van der Waals surface area contributed by atoms with Gasteiger partial charge in [0.05, 0.1) is 6.54 Å². The van der Waals surface area contributed by atoms with E-state index in [1.165, 1.54) is 4.90 Å². The molecule has 10 heteroatoms. The van der Waals surface area contributed by atoms with Crippen molar-refractivity contribution in [1.29, 1.82) is 0 Å². The van der Waals surface area contributed by atoms with Crippen molar-refractivity contribution in [3.05, 3.63) is 40.7 Å². The van der Waals surface area contributed by atoms with Gasteiger partial charge in [0.15, 0.2) is 0 Å². The van der Waals surface area contributed by atoms with E-state index in [0.717, 1.165) is 11.1 Å². The minimum atomic E-state index is -0.622. The number of nitrogens with one attached hydrogen (secondary N) is 3. The highest BCUT2D eigenvalue weighted by Gasteiger charge is 2.39.